The number of aliphatic hydroxyl groups excluding tert-OH is 2. The molecule has 6 nitrogen and oxygen atoms in total. The molecule has 0 aliphatic rings. The molecule has 424 valence electrons. The van der Waals surface area contributed by atoms with Gasteiger partial charge in [0.25, 0.3) is 0 Å². The fourth-order valence-electron chi connectivity index (χ4n) is 10.6. The number of aliphatic hydroxyl groups is 2. The molecule has 0 aromatic heterocycles. The maximum Gasteiger partial charge on any atom is 0.305 e. The summed E-state index contributed by atoms with van der Waals surface area (Å²) in [5.41, 5.74) is 0. The van der Waals surface area contributed by atoms with Crippen molar-refractivity contribution in [3.63, 3.8) is 0 Å². The summed E-state index contributed by atoms with van der Waals surface area (Å²) in [6, 6.07) is -0.544. The molecule has 2 atom stereocenters. The van der Waals surface area contributed by atoms with Crippen molar-refractivity contribution in [3.8, 4) is 0 Å². The Bertz CT molecular complexity index is 1020. The molecule has 0 aliphatic carbocycles. The van der Waals surface area contributed by atoms with E-state index in [1.807, 2.05) is 0 Å². The third-order valence-electron chi connectivity index (χ3n) is 15.7. The molecular weight excluding hydrogens is 875 g/mol. The zero-order valence-electron chi connectivity index (χ0n) is 48.5. The summed E-state index contributed by atoms with van der Waals surface area (Å²) in [4.78, 5) is 24.6. The number of hydrogen-bond donors (Lipinski definition) is 3. The van der Waals surface area contributed by atoms with Gasteiger partial charge in [-0.05, 0) is 25.7 Å². The van der Waals surface area contributed by atoms with E-state index in [0.717, 1.165) is 38.5 Å². The highest BCUT2D eigenvalue weighted by Crippen LogP contribution is 2.19. The van der Waals surface area contributed by atoms with Crippen LogP contribution in [0, 0.1) is 0 Å². The van der Waals surface area contributed by atoms with Crippen molar-refractivity contribution in [1.82, 2.24) is 5.32 Å². The van der Waals surface area contributed by atoms with E-state index >= 15 is 0 Å². The lowest BCUT2D eigenvalue weighted by molar-refractivity contribution is -0.143. The Morgan fingerprint density at radius 1 is 0.338 bits per heavy atom. The molecule has 2 unspecified atom stereocenters. The fraction of sp³-hybridized carbons (Fsp3) is 0.969. The van der Waals surface area contributed by atoms with Gasteiger partial charge in [0.15, 0.2) is 0 Å². The van der Waals surface area contributed by atoms with Crippen molar-refractivity contribution < 1.29 is 24.5 Å². The molecule has 0 aliphatic heterocycles. The van der Waals surface area contributed by atoms with Crippen molar-refractivity contribution in [1.29, 1.82) is 0 Å². The highest BCUT2D eigenvalue weighted by Gasteiger charge is 2.20. The van der Waals surface area contributed by atoms with Crippen LogP contribution in [0.5, 0.6) is 0 Å². The van der Waals surface area contributed by atoms with Crippen LogP contribution in [0.15, 0.2) is 0 Å². The molecule has 0 heterocycles. The first-order valence-electron chi connectivity index (χ1n) is 32.8. The van der Waals surface area contributed by atoms with Gasteiger partial charge in [0.2, 0.25) is 5.91 Å². The van der Waals surface area contributed by atoms with Gasteiger partial charge in [-0.15, -0.1) is 0 Å². The normalized spacial score (nSPS) is 12.5. The molecule has 0 saturated carbocycles. The molecule has 0 fully saturated rings. The van der Waals surface area contributed by atoms with Crippen LogP contribution in [0.2, 0.25) is 0 Å². The second-order valence-corrected chi connectivity index (χ2v) is 22.8. The van der Waals surface area contributed by atoms with E-state index in [0.29, 0.717) is 25.9 Å². The fourth-order valence-corrected chi connectivity index (χ4v) is 10.6. The Hall–Kier alpha value is -1.14. The quantitative estimate of drug-likeness (QED) is 0.0417. The van der Waals surface area contributed by atoms with Crippen LogP contribution < -0.4 is 5.32 Å². The number of carbonyl (C=O) groups excluding carboxylic acids is 2. The third kappa shape index (κ3) is 58.0. The number of hydrogen-bond acceptors (Lipinski definition) is 5. The summed E-state index contributed by atoms with van der Waals surface area (Å²) in [5, 5.41) is 23.4. The van der Waals surface area contributed by atoms with Gasteiger partial charge in [-0.2, -0.15) is 0 Å². The van der Waals surface area contributed by atoms with Crippen LogP contribution in [-0.4, -0.2) is 47.4 Å². The minimum Gasteiger partial charge on any atom is -0.466 e. The smallest absolute Gasteiger partial charge is 0.305 e. The van der Waals surface area contributed by atoms with Gasteiger partial charge < -0.3 is 20.3 Å². The van der Waals surface area contributed by atoms with Gasteiger partial charge in [0.1, 0.15) is 0 Å². The van der Waals surface area contributed by atoms with Crippen LogP contribution in [0.25, 0.3) is 0 Å². The Labute approximate surface area is 445 Å². The first kappa shape index (κ1) is 69.9. The molecule has 0 rings (SSSR count). The lowest BCUT2D eigenvalue weighted by Gasteiger charge is -2.22. The summed E-state index contributed by atoms with van der Waals surface area (Å²) in [5.74, 6) is -0.0240. The maximum absolute atomic E-state index is 12.5. The molecule has 71 heavy (non-hydrogen) atoms. The molecule has 0 aromatic carbocycles. The largest absolute Gasteiger partial charge is 0.466 e. The van der Waals surface area contributed by atoms with E-state index in [1.165, 1.54) is 308 Å². The third-order valence-corrected chi connectivity index (χ3v) is 15.7. The topological polar surface area (TPSA) is 95.9 Å². The van der Waals surface area contributed by atoms with Crippen molar-refractivity contribution in [2.75, 3.05) is 13.2 Å². The Balaban J connectivity index is 3.40. The van der Waals surface area contributed by atoms with E-state index in [4.69, 9.17) is 4.74 Å². The summed E-state index contributed by atoms with van der Waals surface area (Å²) in [6.07, 6.45) is 72.6. The molecule has 0 aromatic rings. The number of unbranched alkanes of at least 4 members (excludes halogenated alkanes) is 51. The van der Waals surface area contributed by atoms with E-state index in [-0.39, 0.29) is 18.5 Å². The second kappa shape index (κ2) is 61.4. The number of nitrogens with one attached hydrogen (secondary N) is 1. The van der Waals surface area contributed by atoms with Crippen LogP contribution >= 0.6 is 0 Å². The van der Waals surface area contributed by atoms with Crippen LogP contribution in [0.3, 0.4) is 0 Å². The maximum atomic E-state index is 12.5. The zero-order valence-corrected chi connectivity index (χ0v) is 48.5. The first-order valence-corrected chi connectivity index (χ1v) is 32.8. The lowest BCUT2D eigenvalue weighted by atomic mass is 10.0. The number of carbonyl (C=O) groups is 2. The van der Waals surface area contributed by atoms with Gasteiger partial charge in [-0.1, -0.05) is 341 Å². The average molecular weight is 1000 g/mol. The summed E-state index contributed by atoms with van der Waals surface area (Å²) >= 11 is 0. The van der Waals surface area contributed by atoms with Crippen molar-refractivity contribution in [2.24, 2.45) is 0 Å². The van der Waals surface area contributed by atoms with E-state index in [1.54, 1.807) is 0 Å². The lowest BCUT2D eigenvalue weighted by Crippen LogP contribution is -2.45. The first-order chi connectivity index (χ1) is 35.0. The number of rotatable bonds is 62. The van der Waals surface area contributed by atoms with Gasteiger partial charge in [0.05, 0.1) is 25.4 Å². The predicted octanol–water partition coefficient (Wildman–Crippen LogP) is 20.6. The van der Waals surface area contributed by atoms with Gasteiger partial charge in [-0.3, -0.25) is 9.59 Å². The summed E-state index contributed by atoms with van der Waals surface area (Å²) in [6.45, 7) is 4.98. The van der Waals surface area contributed by atoms with Crippen molar-refractivity contribution in [2.45, 2.75) is 392 Å². The molecule has 0 saturated heterocycles. The second-order valence-electron chi connectivity index (χ2n) is 22.8. The number of amides is 1. The van der Waals surface area contributed by atoms with Crippen LogP contribution in [-0.2, 0) is 14.3 Å². The predicted molar refractivity (Wildman–Crippen MR) is 310 cm³/mol. The van der Waals surface area contributed by atoms with E-state index in [2.05, 4.69) is 19.2 Å². The zero-order chi connectivity index (χ0) is 51.4. The standard InChI is InChI=1S/C65H129NO5/c1-3-5-7-9-11-13-15-17-18-19-20-21-22-23-24-25-28-31-34-37-41-45-49-53-57-63(68)62(61-67)66-64(69)58-54-50-46-42-38-35-32-29-26-27-30-33-36-40-44-48-52-56-60-71-65(70)59-55-51-47-43-39-16-14-12-10-8-6-4-2/h62-63,67-68H,3-61H2,1-2H3,(H,66,69). The van der Waals surface area contributed by atoms with E-state index < -0.39 is 12.1 Å². The molecular formula is C65H129NO5. The molecule has 0 spiro atoms. The number of esters is 1. The van der Waals surface area contributed by atoms with Crippen molar-refractivity contribution >= 4 is 11.9 Å². The van der Waals surface area contributed by atoms with Gasteiger partial charge in [-0.25, -0.2) is 0 Å². The minimum atomic E-state index is -0.667. The number of ether oxygens (including phenoxy) is 1. The Kier molecular flexibility index (Phi) is 60.4. The molecule has 1 amide bonds. The van der Waals surface area contributed by atoms with E-state index in [9.17, 15) is 19.8 Å². The molecule has 0 bridgehead atoms. The monoisotopic (exact) mass is 1000 g/mol. The minimum absolute atomic E-state index is 0.00954. The highest BCUT2D eigenvalue weighted by atomic mass is 16.5. The van der Waals surface area contributed by atoms with Gasteiger partial charge in [0, 0.05) is 12.8 Å². The van der Waals surface area contributed by atoms with Crippen LogP contribution in [0.1, 0.15) is 380 Å². The average Bonchev–Trinajstić information content (AvgIpc) is 3.37. The van der Waals surface area contributed by atoms with Gasteiger partial charge >= 0.3 is 5.97 Å². The van der Waals surface area contributed by atoms with Crippen molar-refractivity contribution in [3.05, 3.63) is 0 Å². The molecule has 3 N–H and O–H groups in total. The Morgan fingerprint density at radius 3 is 0.859 bits per heavy atom. The molecule has 0 radical (unpaired) electrons. The Morgan fingerprint density at radius 2 is 0.577 bits per heavy atom. The SMILES string of the molecule is CCCCCCCCCCCCCCCCCCCCCCCCCCC(O)C(CO)NC(=O)CCCCCCCCCCCCCCCCCCCCOC(=O)CCCCCCCCCCCCCC. The molecule has 6 heteroatoms. The highest BCUT2D eigenvalue weighted by molar-refractivity contribution is 5.76. The van der Waals surface area contributed by atoms with Crippen LogP contribution in [0.4, 0.5) is 0 Å². The summed E-state index contributed by atoms with van der Waals surface area (Å²) in [7, 11) is 0. The summed E-state index contributed by atoms with van der Waals surface area (Å²) < 4.78 is 5.47.